The molecule has 12 heavy (non-hydrogen) atoms. The average molecular weight is 170 g/mol. The van der Waals surface area contributed by atoms with Crippen LogP contribution in [0.3, 0.4) is 0 Å². The fraction of sp³-hybridized carbons (Fsp3) is 0.889. The molecule has 3 N–H and O–H groups in total. The van der Waals surface area contributed by atoms with Crippen LogP contribution >= 0.6 is 0 Å². The van der Waals surface area contributed by atoms with Crippen LogP contribution < -0.4 is 11.1 Å². The van der Waals surface area contributed by atoms with Crippen molar-refractivity contribution in [2.75, 3.05) is 6.54 Å². The number of rotatable bonds is 4. The second-order valence-corrected chi connectivity index (χ2v) is 3.56. The van der Waals surface area contributed by atoms with Crippen LogP contribution in [0.5, 0.6) is 0 Å². The molecule has 0 aromatic heterocycles. The Kier molecular flexibility index (Phi) is 3.53. The lowest BCUT2D eigenvalue weighted by Gasteiger charge is -2.25. The van der Waals surface area contributed by atoms with Gasteiger partial charge in [0.1, 0.15) is 0 Å². The van der Waals surface area contributed by atoms with Gasteiger partial charge in [-0.15, -0.1) is 0 Å². The third-order valence-electron chi connectivity index (χ3n) is 2.57. The maximum atomic E-state index is 11.2. The molecule has 1 aliphatic rings. The number of carbonyl (C=O) groups is 1. The van der Waals surface area contributed by atoms with Crippen LogP contribution in [-0.2, 0) is 4.79 Å². The monoisotopic (exact) mass is 170 g/mol. The van der Waals surface area contributed by atoms with Crippen LogP contribution in [0, 0.1) is 5.92 Å². The van der Waals surface area contributed by atoms with E-state index in [0.29, 0.717) is 0 Å². The molecule has 0 heterocycles. The van der Waals surface area contributed by atoms with Gasteiger partial charge in [-0.3, -0.25) is 4.79 Å². The quantitative estimate of drug-likeness (QED) is 0.650. The zero-order valence-electron chi connectivity index (χ0n) is 7.68. The molecule has 1 fully saturated rings. The Morgan fingerprint density at radius 1 is 1.67 bits per heavy atom. The molecule has 3 heteroatoms. The Morgan fingerprint density at radius 2 is 2.33 bits per heavy atom. The van der Waals surface area contributed by atoms with Gasteiger partial charge in [-0.05, 0) is 25.2 Å². The van der Waals surface area contributed by atoms with Gasteiger partial charge >= 0.3 is 0 Å². The molecule has 70 valence electrons. The Balaban J connectivity index is 2.08. The summed E-state index contributed by atoms with van der Waals surface area (Å²) in [6.07, 6.45) is 4.57. The van der Waals surface area contributed by atoms with Gasteiger partial charge in [-0.25, -0.2) is 0 Å². The second kappa shape index (κ2) is 4.45. The predicted octanol–water partition coefficient (Wildman–Crippen LogP) is 0.640. The van der Waals surface area contributed by atoms with Gasteiger partial charge in [-0.2, -0.15) is 0 Å². The fourth-order valence-electron chi connectivity index (χ4n) is 1.26. The van der Waals surface area contributed by atoms with Crippen LogP contribution in [0.2, 0.25) is 0 Å². The molecule has 1 aliphatic carbocycles. The standard InChI is InChI=1S/C9H18N2O/c1-2-8(10)9(12)11-6-7-4-3-5-7/h7-8H,2-6,10H2,1H3,(H,11,12). The summed E-state index contributed by atoms with van der Waals surface area (Å²) in [5.41, 5.74) is 5.55. The van der Waals surface area contributed by atoms with Gasteiger partial charge in [0.2, 0.25) is 5.91 Å². The lowest BCUT2D eigenvalue weighted by molar-refractivity contribution is -0.122. The van der Waals surface area contributed by atoms with Crippen LogP contribution in [-0.4, -0.2) is 18.5 Å². The van der Waals surface area contributed by atoms with Gasteiger partial charge in [-0.1, -0.05) is 13.3 Å². The molecule has 0 spiro atoms. The average Bonchev–Trinajstić information content (AvgIpc) is 2.00. The number of hydrogen-bond acceptors (Lipinski definition) is 2. The largest absolute Gasteiger partial charge is 0.354 e. The van der Waals surface area contributed by atoms with Gasteiger partial charge < -0.3 is 11.1 Å². The summed E-state index contributed by atoms with van der Waals surface area (Å²) in [6, 6.07) is -0.315. The summed E-state index contributed by atoms with van der Waals surface area (Å²) < 4.78 is 0. The highest BCUT2D eigenvalue weighted by Crippen LogP contribution is 2.25. The SMILES string of the molecule is CCC(N)C(=O)NCC1CCC1. The van der Waals surface area contributed by atoms with Crippen molar-refractivity contribution < 1.29 is 4.79 Å². The number of amides is 1. The van der Waals surface area contributed by atoms with E-state index in [9.17, 15) is 4.79 Å². The number of carbonyl (C=O) groups excluding carboxylic acids is 1. The summed E-state index contributed by atoms with van der Waals surface area (Å²) >= 11 is 0. The minimum atomic E-state index is -0.315. The topological polar surface area (TPSA) is 55.1 Å². The first-order chi connectivity index (χ1) is 5.74. The molecule has 0 saturated heterocycles. The minimum Gasteiger partial charge on any atom is -0.354 e. The summed E-state index contributed by atoms with van der Waals surface area (Å²) in [4.78, 5) is 11.2. The van der Waals surface area contributed by atoms with E-state index in [1.165, 1.54) is 19.3 Å². The van der Waals surface area contributed by atoms with Crippen molar-refractivity contribution in [2.24, 2.45) is 11.7 Å². The maximum absolute atomic E-state index is 11.2. The minimum absolute atomic E-state index is 0.00407. The van der Waals surface area contributed by atoms with Crippen molar-refractivity contribution in [2.45, 2.75) is 38.6 Å². The molecule has 3 nitrogen and oxygen atoms in total. The van der Waals surface area contributed by atoms with E-state index in [4.69, 9.17) is 5.73 Å². The van der Waals surface area contributed by atoms with E-state index in [1.54, 1.807) is 0 Å². The predicted molar refractivity (Wildman–Crippen MR) is 48.6 cm³/mol. The zero-order valence-corrected chi connectivity index (χ0v) is 7.68. The van der Waals surface area contributed by atoms with Gasteiger partial charge in [0.05, 0.1) is 6.04 Å². The van der Waals surface area contributed by atoms with Crippen molar-refractivity contribution in [3.63, 3.8) is 0 Å². The molecule has 1 amide bonds. The zero-order chi connectivity index (χ0) is 8.97. The number of nitrogens with one attached hydrogen (secondary N) is 1. The van der Waals surface area contributed by atoms with Crippen molar-refractivity contribution in [1.82, 2.24) is 5.32 Å². The normalized spacial score (nSPS) is 19.8. The molecular weight excluding hydrogens is 152 g/mol. The van der Waals surface area contributed by atoms with Crippen LogP contribution in [0.4, 0.5) is 0 Å². The Hall–Kier alpha value is -0.570. The van der Waals surface area contributed by atoms with E-state index in [0.717, 1.165) is 18.9 Å². The highest BCUT2D eigenvalue weighted by atomic mass is 16.2. The molecule has 0 aromatic carbocycles. The lowest BCUT2D eigenvalue weighted by Crippen LogP contribution is -2.42. The van der Waals surface area contributed by atoms with Gasteiger partial charge in [0.15, 0.2) is 0 Å². The fourth-order valence-corrected chi connectivity index (χ4v) is 1.26. The first-order valence-electron chi connectivity index (χ1n) is 4.77. The highest BCUT2D eigenvalue weighted by molar-refractivity contribution is 5.81. The highest BCUT2D eigenvalue weighted by Gasteiger charge is 2.19. The first-order valence-corrected chi connectivity index (χ1v) is 4.77. The van der Waals surface area contributed by atoms with E-state index < -0.39 is 0 Å². The Bertz CT molecular complexity index is 155. The second-order valence-electron chi connectivity index (χ2n) is 3.56. The molecule has 1 saturated carbocycles. The third-order valence-corrected chi connectivity index (χ3v) is 2.57. The van der Waals surface area contributed by atoms with Crippen LogP contribution in [0.15, 0.2) is 0 Å². The molecule has 0 radical (unpaired) electrons. The molecule has 0 aliphatic heterocycles. The molecule has 1 rings (SSSR count). The molecule has 1 unspecified atom stereocenters. The first kappa shape index (κ1) is 9.52. The molecule has 1 atom stereocenters. The molecular formula is C9H18N2O. The maximum Gasteiger partial charge on any atom is 0.236 e. The van der Waals surface area contributed by atoms with Gasteiger partial charge in [0.25, 0.3) is 0 Å². The summed E-state index contributed by atoms with van der Waals surface area (Å²) in [5, 5.41) is 2.87. The third kappa shape index (κ3) is 2.48. The van der Waals surface area contributed by atoms with Crippen molar-refractivity contribution >= 4 is 5.91 Å². The smallest absolute Gasteiger partial charge is 0.236 e. The van der Waals surface area contributed by atoms with E-state index in [1.807, 2.05) is 6.92 Å². The Morgan fingerprint density at radius 3 is 2.75 bits per heavy atom. The van der Waals surface area contributed by atoms with Crippen molar-refractivity contribution in [3.8, 4) is 0 Å². The Labute approximate surface area is 73.7 Å². The van der Waals surface area contributed by atoms with E-state index in [-0.39, 0.29) is 11.9 Å². The number of nitrogens with two attached hydrogens (primary N) is 1. The number of hydrogen-bond donors (Lipinski definition) is 2. The van der Waals surface area contributed by atoms with Crippen LogP contribution in [0.25, 0.3) is 0 Å². The van der Waals surface area contributed by atoms with Gasteiger partial charge in [0, 0.05) is 6.54 Å². The van der Waals surface area contributed by atoms with Crippen LogP contribution in [0.1, 0.15) is 32.6 Å². The molecule has 0 aromatic rings. The van der Waals surface area contributed by atoms with E-state index in [2.05, 4.69) is 5.32 Å². The summed E-state index contributed by atoms with van der Waals surface area (Å²) in [7, 11) is 0. The summed E-state index contributed by atoms with van der Waals surface area (Å²) in [6.45, 7) is 2.75. The summed E-state index contributed by atoms with van der Waals surface area (Å²) in [5.74, 6) is 0.724. The van der Waals surface area contributed by atoms with Crippen molar-refractivity contribution in [3.05, 3.63) is 0 Å². The van der Waals surface area contributed by atoms with Crippen molar-refractivity contribution in [1.29, 1.82) is 0 Å². The molecule has 0 bridgehead atoms. The van der Waals surface area contributed by atoms with E-state index >= 15 is 0 Å². The lowest BCUT2D eigenvalue weighted by atomic mass is 9.85.